The third-order valence-corrected chi connectivity index (χ3v) is 8.49. The highest BCUT2D eigenvalue weighted by atomic mass is 32.1. The number of carboxylic acid groups (broad SMARTS) is 1. The second-order valence-corrected chi connectivity index (χ2v) is 12.1. The quantitative estimate of drug-likeness (QED) is 0.0895. The Morgan fingerprint density at radius 3 is 1.92 bits per heavy atom. The smallest absolute Gasteiger partial charge is 0.327 e. The third kappa shape index (κ3) is 11.2. The molecule has 0 saturated heterocycles. The molecule has 0 aromatic heterocycles. The Morgan fingerprint density at radius 1 is 0.708 bits per heavy atom. The number of benzene rings is 3. The molecule has 4 amide bonds. The first-order valence-electron chi connectivity index (χ1n) is 15.6. The summed E-state index contributed by atoms with van der Waals surface area (Å²) in [5.41, 5.74) is 7.57. The number of nitrogens with two attached hydrogens (primary N) is 1. The molecule has 0 heterocycles. The second-order valence-electron chi connectivity index (χ2n) is 11.4. The number of carbonyl (C=O) groups is 5. The maximum atomic E-state index is 13.9. The van der Waals surface area contributed by atoms with Crippen LogP contribution in [0.25, 0.3) is 10.8 Å². The lowest BCUT2D eigenvalue weighted by Gasteiger charge is -2.26. The van der Waals surface area contributed by atoms with Crippen LogP contribution < -0.4 is 27.0 Å². The van der Waals surface area contributed by atoms with Crippen LogP contribution in [0.2, 0.25) is 0 Å². The average molecular weight is 698 g/mol. The molecule has 0 radical (unpaired) electrons. The van der Waals surface area contributed by atoms with Crippen LogP contribution in [0.3, 0.4) is 0 Å². The monoisotopic (exact) mass is 697 g/mol. The standard InChI is InChI=1S/C34H43N5O7S2/c1-2-3-11-26(31(42)39-29(19-48)34(45)46)36-32(43)27(17-22-9-6-8-21-7-4-5-10-24(21)22)37-33(44)28(18-47)38-30(41)25(35)16-20-12-14-23(40)15-13-20/h4-10,12-15,25-29,40,47-48H,2-3,11,16-19,35H2,1H3,(H,36,43)(H,37,44)(H,38,41)(H,39,42)(H,45,46)/t25-,26-,27-,28+,29-/m0/s1. The van der Waals surface area contributed by atoms with Crippen LogP contribution in [0.15, 0.2) is 66.7 Å². The SMILES string of the molecule is CCCC[C@H](NC(=O)[C@H](Cc1cccc2ccccc12)NC(=O)[C@@H](CS)NC(=O)[C@@H](N)Cc1ccc(O)cc1)C(=O)N[C@@H](CS)C(=O)O. The van der Waals surface area contributed by atoms with Gasteiger partial charge in [0.15, 0.2) is 0 Å². The number of carbonyl (C=O) groups excluding carboxylic acids is 4. The van der Waals surface area contributed by atoms with Crippen LogP contribution in [-0.2, 0) is 36.8 Å². The van der Waals surface area contributed by atoms with Crippen molar-refractivity contribution in [3.63, 3.8) is 0 Å². The highest BCUT2D eigenvalue weighted by molar-refractivity contribution is 7.80. The molecule has 0 unspecified atom stereocenters. The van der Waals surface area contributed by atoms with Crippen molar-refractivity contribution in [2.45, 2.75) is 69.2 Å². The number of aromatic hydroxyl groups is 1. The molecule has 0 aliphatic carbocycles. The van der Waals surface area contributed by atoms with Gasteiger partial charge < -0.3 is 37.2 Å². The molecular weight excluding hydrogens is 655 g/mol. The van der Waals surface area contributed by atoms with E-state index in [0.29, 0.717) is 18.4 Å². The van der Waals surface area contributed by atoms with E-state index in [-0.39, 0.29) is 36.5 Å². The predicted octanol–water partition coefficient (Wildman–Crippen LogP) is 1.73. The fraction of sp³-hybridized carbons (Fsp3) is 0.382. The van der Waals surface area contributed by atoms with Gasteiger partial charge in [0.25, 0.3) is 0 Å². The van der Waals surface area contributed by atoms with E-state index >= 15 is 0 Å². The molecule has 0 aliphatic rings. The van der Waals surface area contributed by atoms with Crippen molar-refractivity contribution in [2.75, 3.05) is 11.5 Å². The largest absolute Gasteiger partial charge is 0.508 e. The fourth-order valence-electron chi connectivity index (χ4n) is 5.03. The van der Waals surface area contributed by atoms with Gasteiger partial charge in [0.1, 0.15) is 29.9 Å². The Labute approximate surface area is 290 Å². The Kier molecular flexibility index (Phi) is 15.0. The van der Waals surface area contributed by atoms with E-state index in [1.54, 1.807) is 12.1 Å². The van der Waals surface area contributed by atoms with Crippen molar-refractivity contribution in [3.05, 3.63) is 77.9 Å². The molecule has 5 atom stereocenters. The number of thiol groups is 2. The number of aliphatic carboxylic acids is 1. The Balaban J connectivity index is 1.83. The highest BCUT2D eigenvalue weighted by Gasteiger charge is 2.31. The lowest BCUT2D eigenvalue weighted by atomic mass is 9.97. The summed E-state index contributed by atoms with van der Waals surface area (Å²) in [6.07, 6.45) is 1.70. The molecule has 3 aromatic carbocycles. The van der Waals surface area contributed by atoms with E-state index in [2.05, 4.69) is 46.5 Å². The highest BCUT2D eigenvalue weighted by Crippen LogP contribution is 2.20. The summed E-state index contributed by atoms with van der Waals surface area (Å²) in [5.74, 6) is -4.09. The van der Waals surface area contributed by atoms with Crippen molar-refractivity contribution in [1.82, 2.24) is 21.3 Å². The Bertz CT molecular complexity index is 1570. The molecule has 0 fully saturated rings. The predicted molar refractivity (Wildman–Crippen MR) is 190 cm³/mol. The van der Waals surface area contributed by atoms with Gasteiger partial charge in [-0.3, -0.25) is 19.2 Å². The van der Waals surface area contributed by atoms with Crippen LogP contribution in [-0.4, -0.2) is 81.5 Å². The second kappa shape index (κ2) is 18.9. The van der Waals surface area contributed by atoms with Crippen molar-refractivity contribution < 1.29 is 34.2 Å². The molecule has 14 heteroatoms. The van der Waals surface area contributed by atoms with Gasteiger partial charge in [-0.05, 0) is 46.9 Å². The van der Waals surface area contributed by atoms with Gasteiger partial charge in [0.2, 0.25) is 23.6 Å². The molecule has 0 saturated carbocycles. The minimum absolute atomic E-state index is 0.0447. The number of fused-ring (bicyclic) bond motifs is 1. The molecule has 3 aromatic rings. The average Bonchev–Trinajstić information content (AvgIpc) is 3.08. The lowest BCUT2D eigenvalue weighted by molar-refractivity contribution is -0.141. The molecule has 0 bridgehead atoms. The number of unbranched alkanes of at least 4 members (excludes halogenated alkanes) is 1. The van der Waals surface area contributed by atoms with Gasteiger partial charge >= 0.3 is 5.97 Å². The number of phenols is 1. The van der Waals surface area contributed by atoms with E-state index in [4.69, 9.17) is 5.73 Å². The molecule has 258 valence electrons. The minimum Gasteiger partial charge on any atom is -0.508 e. The van der Waals surface area contributed by atoms with E-state index < -0.39 is 59.8 Å². The lowest BCUT2D eigenvalue weighted by Crippen LogP contribution is -2.59. The van der Waals surface area contributed by atoms with E-state index in [0.717, 1.165) is 16.3 Å². The fourth-order valence-corrected chi connectivity index (χ4v) is 5.54. The number of amides is 4. The summed E-state index contributed by atoms with van der Waals surface area (Å²) in [5, 5.41) is 31.2. The first-order chi connectivity index (χ1) is 23.0. The maximum absolute atomic E-state index is 13.9. The van der Waals surface area contributed by atoms with Crippen LogP contribution in [0.5, 0.6) is 5.75 Å². The summed E-state index contributed by atoms with van der Waals surface area (Å²) < 4.78 is 0. The zero-order valence-corrected chi connectivity index (χ0v) is 28.4. The Morgan fingerprint density at radius 2 is 1.27 bits per heavy atom. The van der Waals surface area contributed by atoms with Crippen molar-refractivity contribution in [2.24, 2.45) is 5.73 Å². The summed E-state index contributed by atoms with van der Waals surface area (Å²) in [7, 11) is 0. The summed E-state index contributed by atoms with van der Waals surface area (Å²) in [6, 6.07) is 13.7. The Hall–Kier alpha value is -4.27. The van der Waals surface area contributed by atoms with Gasteiger partial charge in [-0.1, -0.05) is 74.4 Å². The number of carboxylic acids is 1. The van der Waals surface area contributed by atoms with Gasteiger partial charge in [0.05, 0.1) is 6.04 Å². The number of phenolic OH excluding ortho intramolecular Hbond substituents is 1. The summed E-state index contributed by atoms with van der Waals surface area (Å²) >= 11 is 8.26. The number of hydrogen-bond acceptors (Lipinski definition) is 9. The van der Waals surface area contributed by atoms with Gasteiger partial charge in [-0.25, -0.2) is 4.79 Å². The number of rotatable bonds is 18. The zero-order valence-electron chi connectivity index (χ0n) is 26.6. The minimum atomic E-state index is -1.26. The van der Waals surface area contributed by atoms with E-state index in [1.807, 2.05) is 49.4 Å². The molecule has 3 rings (SSSR count). The topological polar surface area (TPSA) is 200 Å². The molecular formula is C34H43N5O7S2. The maximum Gasteiger partial charge on any atom is 0.327 e. The molecule has 0 spiro atoms. The van der Waals surface area contributed by atoms with Crippen LogP contribution in [0, 0.1) is 0 Å². The van der Waals surface area contributed by atoms with Gasteiger partial charge in [-0.2, -0.15) is 25.3 Å². The number of hydrogen-bond donors (Lipinski definition) is 9. The van der Waals surface area contributed by atoms with Crippen LogP contribution in [0.4, 0.5) is 0 Å². The van der Waals surface area contributed by atoms with Crippen molar-refractivity contribution in [3.8, 4) is 5.75 Å². The first-order valence-corrected chi connectivity index (χ1v) is 16.9. The summed E-state index contributed by atoms with van der Waals surface area (Å²) in [6.45, 7) is 1.91. The van der Waals surface area contributed by atoms with Crippen molar-refractivity contribution >= 4 is 65.6 Å². The van der Waals surface area contributed by atoms with Gasteiger partial charge in [0, 0.05) is 17.9 Å². The van der Waals surface area contributed by atoms with Gasteiger partial charge in [-0.15, -0.1) is 0 Å². The normalized spacial score (nSPS) is 14.2. The third-order valence-electron chi connectivity index (χ3n) is 7.76. The number of nitrogens with one attached hydrogen (secondary N) is 4. The van der Waals surface area contributed by atoms with Crippen molar-refractivity contribution in [1.29, 1.82) is 0 Å². The van der Waals surface area contributed by atoms with Crippen LogP contribution >= 0.6 is 25.3 Å². The van der Waals surface area contributed by atoms with E-state index in [1.165, 1.54) is 12.1 Å². The van der Waals surface area contributed by atoms with Crippen LogP contribution in [0.1, 0.15) is 37.3 Å². The van der Waals surface area contributed by atoms with E-state index in [9.17, 15) is 34.2 Å². The first kappa shape index (κ1) is 38.2. The summed E-state index contributed by atoms with van der Waals surface area (Å²) in [4.78, 5) is 65.1. The molecule has 12 nitrogen and oxygen atoms in total. The zero-order chi connectivity index (χ0) is 35.2. The molecule has 8 N–H and O–H groups in total. The molecule has 0 aliphatic heterocycles. The molecule has 48 heavy (non-hydrogen) atoms.